The molecule has 2 atom stereocenters. The van der Waals surface area contributed by atoms with Crippen LogP contribution in [0.4, 0.5) is 0 Å². The Bertz CT molecular complexity index is 209. The Hall–Kier alpha value is -0.0800. The molecule has 0 aromatic carbocycles. The van der Waals surface area contributed by atoms with Crippen LogP contribution in [0.15, 0.2) is 0 Å². The van der Waals surface area contributed by atoms with Crippen LogP contribution in [0.2, 0.25) is 0 Å². The topological polar surface area (TPSA) is 35.2 Å². The molecule has 0 spiro atoms. The third-order valence-corrected chi connectivity index (χ3v) is 3.21. The van der Waals surface area contributed by atoms with E-state index in [1.54, 1.807) is 0 Å². The van der Waals surface area contributed by atoms with Gasteiger partial charge >= 0.3 is 0 Å². The summed E-state index contributed by atoms with van der Waals surface area (Å²) < 4.78 is 6.03. The molecule has 2 nitrogen and oxygen atoms in total. The van der Waals surface area contributed by atoms with Crippen LogP contribution in [-0.4, -0.2) is 17.7 Å². The molecular formula is C13H27NO. The number of nitrogens with two attached hydrogens (primary N) is 1. The zero-order valence-electron chi connectivity index (χ0n) is 11.0. The average molecular weight is 213 g/mol. The van der Waals surface area contributed by atoms with Crippen molar-refractivity contribution in [2.24, 2.45) is 11.1 Å². The summed E-state index contributed by atoms with van der Waals surface area (Å²) in [5, 5.41) is 0. The average Bonchev–Trinajstić information content (AvgIpc) is 2.25. The molecular weight excluding hydrogens is 186 g/mol. The molecule has 0 aromatic rings. The monoisotopic (exact) mass is 213 g/mol. The standard InChI is InChI=1S/C13H27NO/c1-10(14)8-12(2,3)9-11-6-7-13(4,5)15-11/h10-11H,6-9,14H2,1-5H3. The van der Waals surface area contributed by atoms with Gasteiger partial charge in [0.1, 0.15) is 0 Å². The molecule has 0 aromatic heterocycles. The summed E-state index contributed by atoms with van der Waals surface area (Å²) >= 11 is 0. The van der Waals surface area contributed by atoms with Crippen molar-refractivity contribution in [1.29, 1.82) is 0 Å². The SMILES string of the molecule is CC(N)CC(C)(C)CC1CCC(C)(C)O1. The Morgan fingerprint density at radius 3 is 2.47 bits per heavy atom. The third kappa shape index (κ3) is 4.52. The zero-order chi connectivity index (χ0) is 11.7. The van der Waals surface area contributed by atoms with E-state index in [0.717, 1.165) is 12.8 Å². The predicted molar refractivity (Wildman–Crippen MR) is 64.9 cm³/mol. The molecule has 90 valence electrons. The van der Waals surface area contributed by atoms with Gasteiger partial charge < -0.3 is 10.5 Å². The summed E-state index contributed by atoms with van der Waals surface area (Å²) in [6, 6.07) is 0.286. The van der Waals surface area contributed by atoms with Gasteiger partial charge in [0, 0.05) is 6.04 Å². The molecule has 1 rings (SSSR count). The van der Waals surface area contributed by atoms with Crippen molar-refractivity contribution in [2.45, 2.75) is 78.0 Å². The van der Waals surface area contributed by atoms with Crippen LogP contribution in [0.1, 0.15) is 60.3 Å². The second-order valence-corrected chi connectivity index (χ2v) is 6.59. The lowest BCUT2D eigenvalue weighted by molar-refractivity contribution is -0.0330. The molecule has 1 heterocycles. The normalized spacial score (nSPS) is 28.0. The molecule has 0 aliphatic carbocycles. The largest absolute Gasteiger partial charge is 0.372 e. The van der Waals surface area contributed by atoms with E-state index in [1.165, 1.54) is 12.8 Å². The highest BCUT2D eigenvalue weighted by Crippen LogP contribution is 2.37. The molecule has 0 amide bonds. The van der Waals surface area contributed by atoms with Gasteiger partial charge in [0.2, 0.25) is 0 Å². The molecule has 2 unspecified atom stereocenters. The molecule has 0 radical (unpaired) electrons. The highest BCUT2D eigenvalue weighted by Gasteiger charge is 2.35. The summed E-state index contributed by atoms with van der Waals surface area (Å²) in [5.41, 5.74) is 6.26. The van der Waals surface area contributed by atoms with E-state index >= 15 is 0 Å². The first-order valence-electron chi connectivity index (χ1n) is 6.14. The van der Waals surface area contributed by atoms with Crippen molar-refractivity contribution >= 4 is 0 Å². The third-order valence-electron chi connectivity index (χ3n) is 3.21. The highest BCUT2D eigenvalue weighted by atomic mass is 16.5. The number of hydrogen-bond acceptors (Lipinski definition) is 2. The van der Waals surface area contributed by atoms with E-state index in [4.69, 9.17) is 10.5 Å². The number of rotatable bonds is 4. The fourth-order valence-electron chi connectivity index (χ4n) is 2.79. The molecule has 1 fully saturated rings. The van der Waals surface area contributed by atoms with E-state index in [9.17, 15) is 0 Å². The fraction of sp³-hybridized carbons (Fsp3) is 1.00. The van der Waals surface area contributed by atoms with E-state index in [2.05, 4.69) is 34.6 Å². The van der Waals surface area contributed by atoms with E-state index in [0.29, 0.717) is 11.5 Å². The smallest absolute Gasteiger partial charge is 0.0631 e. The van der Waals surface area contributed by atoms with Crippen molar-refractivity contribution in [3.05, 3.63) is 0 Å². The first-order chi connectivity index (χ1) is 6.70. The number of ether oxygens (including phenoxy) is 1. The minimum Gasteiger partial charge on any atom is -0.372 e. The summed E-state index contributed by atoms with van der Waals surface area (Å²) in [5.74, 6) is 0. The van der Waals surface area contributed by atoms with E-state index in [1.807, 2.05) is 0 Å². The van der Waals surface area contributed by atoms with Gasteiger partial charge in [-0.15, -0.1) is 0 Å². The van der Waals surface area contributed by atoms with Crippen LogP contribution in [0.5, 0.6) is 0 Å². The lowest BCUT2D eigenvalue weighted by Crippen LogP contribution is -2.29. The van der Waals surface area contributed by atoms with Crippen LogP contribution >= 0.6 is 0 Å². The minimum absolute atomic E-state index is 0.0923. The second kappa shape index (κ2) is 4.42. The van der Waals surface area contributed by atoms with Gasteiger partial charge in [-0.05, 0) is 51.9 Å². The summed E-state index contributed by atoms with van der Waals surface area (Å²) in [6.07, 6.45) is 5.04. The first kappa shape index (κ1) is 13.0. The summed E-state index contributed by atoms with van der Waals surface area (Å²) in [7, 11) is 0. The Labute approximate surface area is 94.6 Å². The minimum atomic E-state index is 0.0923. The highest BCUT2D eigenvalue weighted by molar-refractivity contribution is 4.85. The van der Waals surface area contributed by atoms with Crippen molar-refractivity contribution in [3.8, 4) is 0 Å². The second-order valence-electron chi connectivity index (χ2n) is 6.59. The number of hydrogen-bond donors (Lipinski definition) is 1. The zero-order valence-corrected chi connectivity index (χ0v) is 11.0. The summed E-state index contributed by atoms with van der Waals surface area (Å²) in [4.78, 5) is 0. The van der Waals surface area contributed by atoms with Gasteiger partial charge in [-0.25, -0.2) is 0 Å². The molecule has 0 bridgehead atoms. The Morgan fingerprint density at radius 2 is 2.07 bits per heavy atom. The van der Waals surface area contributed by atoms with E-state index < -0.39 is 0 Å². The maximum Gasteiger partial charge on any atom is 0.0631 e. The summed E-state index contributed by atoms with van der Waals surface area (Å²) in [6.45, 7) is 11.0. The van der Waals surface area contributed by atoms with Crippen molar-refractivity contribution in [3.63, 3.8) is 0 Å². The van der Waals surface area contributed by atoms with Crippen LogP contribution < -0.4 is 5.73 Å². The lowest BCUT2D eigenvalue weighted by Gasteiger charge is -2.30. The van der Waals surface area contributed by atoms with Crippen LogP contribution in [0.25, 0.3) is 0 Å². The molecule has 1 saturated heterocycles. The van der Waals surface area contributed by atoms with Gasteiger partial charge in [-0.1, -0.05) is 13.8 Å². The first-order valence-corrected chi connectivity index (χ1v) is 6.14. The molecule has 1 aliphatic heterocycles. The van der Waals surface area contributed by atoms with Gasteiger partial charge in [0.25, 0.3) is 0 Å². The molecule has 2 N–H and O–H groups in total. The molecule has 1 aliphatic rings. The lowest BCUT2D eigenvalue weighted by atomic mass is 9.80. The van der Waals surface area contributed by atoms with Gasteiger partial charge in [-0.2, -0.15) is 0 Å². The Balaban J connectivity index is 2.41. The van der Waals surface area contributed by atoms with Crippen LogP contribution in [0, 0.1) is 5.41 Å². The van der Waals surface area contributed by atoms with Crippen LogP contribution in [0.3, 0.4) is 0 Å². The van der Waals surface area contributed by atoms with Crippen molar-refractivity contribution in [1.82, 2.24) is 0 Å². The Kier molecular flexibility index (Phi) is 3.83. The van der Waals surface area contributed by atoms with E-state index in [-0.39, 0.29) is 11.6 Å². The van der Waals surface area contributed by atoms with Gasteiger partial charge in [0.15, 0.2) is 0 Å². The van der Waals surface area contributed by atoms with Crippen molar-refractivity contribution < 1.29 is 4.74 Å². The molecule has 2 heteroatoms. The van der Waals surface area contributed by atoms with Gasteiger partial charge in [0.05, 0.1) is 11.7 Å². The molecule has 0 saturated carbocycles. The maximum atomic E-state index is 6.03. The molecule has 15 heavy (non-hydrogen) atoms. The van der Waals surface area contributed by atoms with Crippen LogP contribution in [-0.2, 0) is 4.74 Å². The Morgan fingerprint density at radius 1 is 1.47 bits per heavy atom. The fourth-order valence-corrected chi connectivity index (χ4v) is 2.79. The van der Waals surface area contributed by atoms with Crippen molar-refractivity contribution in [2.75, 3.05) is 0 Å². The van der Waals surface area contributed by atoms with Gasteiger partial charge in [-0.3, -0.25) is 0 Å². The predicted octanol–water partition coefficient (Wildman–Crippen LogP) is 3.10. The maximum absolute atomic E-state index is 6.03. The quantitative estimate of drug-likeness (QED) is 0.779.